The van der Waals surface area contributed by atoms with Crippen LogP contribution in [0.2, 0.25) is 0 Å². The van der Waals surface area contributed by atoms with Crippen LogP contribution in [0.25, 0.3) is 0 Å². The fourth-order valence-electron chi connectivity index (χ4n) is 1.89. The zero-order valence-corrected chi connectivity index (χ0v) is 9.16. The average molecular weight is 189 g/mol. The number of rotatable bonds is 3. The van der Waals surface area contributed by atoms with Crippen molar-refractivity contribution in [3.63, 3.8) is 0 Å². The quantitative estimate of drug-likeness (QED) is 0.658. The van der Waals surface area contributed by atoms with Gasteiger partial charge in [0, 0.05) is 17.9 Å². The first-order valence-electron chi connectivity index (χ1n) is 5.53. The Morgan fingerprint density at radius 3 is 2.79 bits per heavy atom. The molecule has 0 atom stereocenters. The van der Waals surface area contributed by atoms with Gasteiger partial charge in [0.05, 0.1) is 0 Å². The second kappa shape index (κ2) is 3.64. The Morgan fingerprint density at radius 2 is 2.21 bits per heavy atom. The third kappa shape index (κ3) is 1.92. The van der Waals surface area contributed by atoms with E-state index in [0.717, 1.165) is 11.6 Å². The maximum Gasteiger partial charge on any atom is 0.0335 e. The van der Waals surface area contributed by atoms with E-state index in [9.17, 15) is 0 Å². The molecule has 1 aliphatic carbocycles. The molecule has 14 heavy (non-hydrogen) atoms. The van der Waals surface area contributed by atoms with Crippen LogP contribution in [0.4, 0.5) is 0 Å². The highest BCUT2D eigenvalue weighted by Crippen LogP contribution is 2.34. The smallest absolute Gasteiger partial charge is 0.0335 e. The summed E-state index contributed by atoms with van der Waals surface area (Å²) in [5, 5.41) is 0. The average Bonchev–Trinajstić information content (AvgIpc) is 2.91. The maximum absolute atomic E-state index is 4.11. The molecule has 1 aliphatic heterocycles. The van der Waals surface area contributed by atoms with E-state index in [4.69, 9.17) is 0 Å². The molecule has 0 spiro atoms. The Hall–Kier alpha value is -0.980. The Morgan fingerprint density at radius 1 is 1.50 bits per heavy atom. The van der Waals surface area contributed by atoms with E-state index in [1.807, 2.05) is 0 Å². The van der Waals surface area contributed by atoms with Crippen molar-refractivity contribution in [3.05, 3.63) is 36.2 Å². The summed E-state index contributed by atoms with van der Waals surface area (Å²) < 4.78 is 0. The van der Waals surface area contributed by atoms with Gasteiger partial charge >= 0.3 is 0 Å². The zero-order chi connectivity index (χ0) is 10.1. The van der Waals surface area contributed by atoms with Crippen molar-refractivity contribution in [1.82, 2.24) is 4.90 Å². The first-order valence-corrected chi connectivity index (χ1v) is 5.53. The molecule has 0 aromatic rings. The SMILES string of the molecule is C=C1C=CC=C(C(C)C)N1CC1CC1. The van der Waals surface area contributed by atoms with Gasteiger partial charge in [-0.1, -0.05) is 26.5 Å². The second-order valence-corrected chi connectivity index (χ2v) is 4.65. The molecule has 0 aromatic heterocycles. The van der Waals surface area contributed by atoms with Crippen molar-refractivity contribution in [1.29, 1.82) is 0 Å². The summed E-state index contributed by atoms with van der Waals surface area (Å²) >= 11 is 0. The Balaban J connectivity index is 2.12. The molecule has 76 valence electrons. The Bertz CT molecular complexity index is 292. The van der Waals surface area contributed by atoms with Crippen LogP contribution in [0.1, 0.15) is 26.7 Å². The van der Waals surface area contributed by atoms with Crippen LogP contribution >= 0.6 is 0 Å². The first kappa shape index (κ1) is 9.57. The fourth-order valence-corrected chi connectivity index (χ4v) is 1.89. The molecule has 1 nitrogen and oxygen atoms in total. The number of hydrogen-bond acceptors (Lipinski definition) is 1. The molecule has 0 aromatic carbocycles. The van der Waals surface area contributed by atoms with E-state index in [1.165, 1.54) is 25.1 Å². The van der Waals surface area contributed by atoms with Crippen molar-refractivity contribution in [2.24, 2.45) is 11.8 Å². The van der Waals surface area contributed by atoms with Crippen molar-refractivity contribution in [2.75, 3.05) is 6.54 Å². The molecule has 0 N–H and O–H groups in total. The topological polar surface area (TPSA) is 3.24 Å². The zero-order valence-electron chi connectivity index (χ0n) is 9.16. The lowest BCUT2D eigenvalue weighted by Crippen LogP contribution is -2.27. The summed E-state index contributed by atoms with van der Waals surface area (Å²) in [5.74, 6) is 1.51. The second-order valence-electron chi connectivity index (χ2n) is 4.65. The van der Waals surface area contributed by atoms with E-state index >= 15 is 0 Å². The highest BCUT2D eigenvalue weighted by Gasteiger charge is 2.27. The van der Waals surface area contributed by atoms with E-state index in [2.05, 4.69) is 43.6 Å². The van der Waals surface area contributed by atoms with Crippen LogP contribution < -0.4 is 0 Å². The lowest BCUT2D eigenvalue weighted by atomic mass is 10.0. The molecular weight excluding hydrogens is 170 g/mol. The standard InChI is InChI=1S/C13H19N/c1-10(2)13-6-4-5-11(3)14(13)9-12-7-8-12/h4-6,10,12H,3,7-9H2,1-2H3. The monoisotopic (exact) mass is 189 g/mol. The van der Waals surface area contributed by atoms with Gasteiger partial charge in [-0.25, -0.2) is 0 Å². The van der Waals surface area contributed by atoms with E-state index < -0.39 is 0 Å². The summed E-state index contributed by atoms with van der Waals surface area (Å²) in [4.78, 5) is 2.39. The Labute approximate surface area is 86.8 Å². The van der Waals surface area contributed by atoms with Crippen LogP contribution in [-0.2, 0) is 0 Å². The molecule has 0 bridgehead atoms. The predicted molar refractivity (Wildman–Crippen MR) is 60.6 cm³/mol. The molecule has 0 unspecified atom stereocenters. The van der Waals surface area contributed by atoms with Crippen molar-refractivity contribution >= 4 is 0 Å². The van der Waals surface area contributed by atoms with E-state index in [1.54, 1.807) is 0 Å². The minimum Gasteiger partial charge on any atom is -0.345 e. The third-order valence-electron chi connectivity index (χ3n) is 2.94. The summed E-state index contributed by atoms with van der Waals surface area (Å²) in [5.41, 5.74) is 2.58. The van der Waals surface area contributed by atoms with Gasteiger partial charge in [-0.05, 0) is 36.8 Å². The maximum atomic E-state index is 4.11. The molecule has 0 amide bonds. The summed E-state index contributed by atoms with van der Waals surface area (Å²) in [7, 11) is 0. The molecule has 2 rings (SSSR count). The van der Waals surface area contributed by atoms with Crippen LogP contribution in [-0.4, -0.2) is 11.4 Å². The van der Waals surface area contributed by atoms with Crippen molar-refractivity contribution < 1.29 is 0 Å². The molecule has 0 radical (unpaired) electrons. The van der Waals surface area contributed by atoms with Gasteiger partial charge in [0.15, 0.2) is 0 Å². The molecular formula is C13H19N. The van der Waals surface area contributed by atoms with Gasteiger partial charge < -0.3 is 4.90 Å². The van der Waals surface area contributed by atoms with Crippen LogP contribution in [0.3, 0.4) is 0 Å². The molecule has 1 fully saturated rings. The lowest BCUT2D eigenvalue weighted by molar-refractivity contribution is 0.374. The predicted octanol–water partition coefficient (Wildman–Crippen LogP) is 3.32. The number of hydrogen-bond donors (Lipinski definition) is 0. The fraction of sp³-hybridized carbons (Fsp3) is 0.538. The largest absolute Gasteiger partial charge is 0.345 e. The molecule has 1 heterocycles. The highest BCUT2D eigenvalue weighted by atomic mass is 15.2. The minimum atomic E-state index is 0.593. The normalized spacial score (nSPS) is 21.8. The molecule has 0 saturated heterocycles. The summed E-state index contributed by atoms with van der Waals surface area (Å²) in [6.07, 6.45) is 9.24. The van der Waals surface area contributed by atoms with Crippen LogP contribution in [0, 0.1) is 11.8 Å². The van der Waals surface area contributed by atoms with Gasteiger partial charge in [0.2, 0.25) is 0 Å². The van der Waals surface area contributed by atoms with Gasteiger partial charge in [0.25, 0.3) is 0 Å². The Kier molecular flexibility index (Phi) is 2.49. The van der Waals surface area contributed by atoms with Crippen molar-refractivity contribution in [3.8, 4) is 0 Å². The molecule has 1 heteroatoms. The molecule has 2 aliphatic rings. The minimum absolute atomic E-state index is 0.593. The van der Waals surface area contributed by atoms with Gasteiger partial charge in [-0.2, -0.15) is 0 Å². The number of nitrogens with zero attached hydrogens (tertiary/aromatic N) is 1. The third-order valence-corrected chi connectivity index (χ3v) is 2.94. The van der Waals surface area contributed by atoms with Gasteiger partial charge in [0.1, 0.15) is 0 Å². The van der Waals surface area contributed by atoms with Gasteiger partial charge in [-0.15, -0.1) is 0 Å². The van der Waals surface area contributed by atoms with E-state index in [0.29, 0.717) is 5.92 Å². The molecule has 1 saturated carbocycles. The van der Waals surface area contributed by atoms with Crippen LogP contribution in [0.5, 0.6) is 0 Å². The van der Waals surface area contributed by atoms with Gasteiger partial charge in [-0.3, -0.25) is 0 Å². The van der Waals surface area contributed by atoms with E-state index in [-0.39, 0.29) is 0 Å². The number of allylic oxidation sites excluding steroid dienone is 4. The highest BCUT2D eigenvalue weighted by molar-refractivity contribution is 5.31. The summed E-state index contributed by atoms with van der Waals surface area (Å²) in [6, 6.07) is 0. The lowest BCUT2D eigenvalue weighted by Gasteiger charge is -2.32. The summed E-state index contributed by atoms with van der Waals surface area (Å²) in [6.45, 7) is 9.78. The first-order chi connectivity index (χ1) is 6.68. The van der Waals surface area contributed by atoms with Crippen molar-refractivity contribution in [2.45, 2.75) is 26.7 Å². The van der Waals surface area contributed by atoms with Crippen LogP contribution in [0.15, 0.2) is 36.2 Å².